The van der Waals surface area contributed by atoms with Crippen molar-refractivity contribution >= 4 is 0 Å². The van der Waals surface area contributed by atoms with Crippen LogP contribution < -0.4 is 0 Å². The summed E-state index contributed by atoms with van der Waals surface area (Å²) >= 11 is 0. The molecule has 2 aromatic rings. The molecule has 0 aromatic heterocycles. The van der Waals surface area contributed by atoms with Gasteiger partial charge in [-0.25, -0.2) is 0 Å². The molecule has 0 bridgehead atoms. The summed E-state index contributed by atoms with van der Waals surface area (Å²) in [6.45, 7) is 4.74. The highest BCUT2D eigenvalue weighted by Gasteiger charge is 2.16. The first-order chi connectivity index (χ1) is 9.31. The highest BCUT2D eigenvalue weighted by atomic mass is 15.1. The summed E-state index contributed by atoms with van der Waals surface area (Å²) in [4.78, 5) is 2.34. The van der Waals surface area contributed by atoms with Crippen molar-refractivity contribution < 1.29 is 0 Å². The molecule has 0 saturated carbocycles. The number of likely N-dealkylation sites (N-methyl/N-ethyl adjacent to an activating group) is 1. The maximum Gasteiger partial charge on any atom is 0.0388 e. The lowest BCUT2D eigenvalue weighted by Gasteiger charge is -2.27. The van der Waals surface area contributed by atoms with Crippen LogP contribution in [0.2, 0.25) is 0 Å². The highest BCUT2D eigenvalue weighted by Crippen LogP contribution is 2.23. The molecule has 2 rings (SSSR count). The molecule has 0 heterocycles. The Balaban J connectivity index is 2.22. The Morgan fingerprint density at radius 1 is 1.00 bits per heavy atom. The van der Waals surface area contributed by atoms with Gasteiger partial charge in [-0.15, -0.1) is 6.58 Å². The van der Waals surface area contributed by atoms with Gasteiger partial charge in [0.1, 0.15) is 0 Å². The highest BCUT2D eigenvalue weighted by molar-refractivity contribution is 5.24. The number of benzene rings is 2. The summed E-state index contributed by atoms with van der Waals surface area (Å²) in [5, 5.41) is 0. The van der Waals surface area contributed by atoms with E-state index in [0.29, 0.717) is 6.04 Å². The van der Waals surface area contributed by atoms with E-state index in [2.05, 4.69) is 79.2 Å². The van der Waals surface area contributed by atoms with Gasteiger partial charge in [-0.1, -0.05) is 66.7 Å². The molecule has 1 heteroatoms. The largest absolute Gasteiger partial charge is 0.295 e. The molecule has 0 saturated heterocycles. The Morgan fingerprint density at radius 3 is 2.16 bits per heavy atom. The number of rotatable bonds is 6. The normalized spacial score (nSPS) is 12.3. The average molecular weight is 251 g/mol. The third kappa shape index (κ3) is 3.80. The zero-order chi connectivity index (χ0) is 13.5. The van der Waals surface area contributed by atoms with Crippen molar-refractivity contribution in [2.24, 2.45) is 0 Å². The monoisotopic (exact) mass is 251 g/mol. The maximum atomic E-state index is 3.84. The summed E-state index contributed by atoms with van der Waals surface area (Å²) < 4.78 is 0. The van der Waals surface area contributed by atoms with E-state index in [4.69, 9.17) is 0 Å². The van der Waals surface area contributed by atoms with Gasteiger partial charge in [0.05, 0.1) is 0 Å². The van der Waals surface area contributed by atoms with E-state index in [9.17, 15) is 0 Å². The quantitative estimate of drug-likeness (QED) is 0.699. The van der Waals surface area contributed by atoms with Crippen LogP contribution in [0.4, 0.5) is 0 Å². The Kier molecular flexibility index (Phi) is 4.93. The molecule has 19 heavy (non-hydrogen) atoms. The Bertz CT molecular complexity index is 490. The minimum atomic E-state index is 0.390. The van der Waals surface area contributed by atoms with Crippen LogP contribution in [-0.4, -0.2) is 18.5 Å². The van der Waals surface area contributed by atoms with Crippen LogP contribution in [0.15, 0.2) is 73.3 Å². The van der Waals surface area contributed by atoms with Gasteiger partial charge >= 0.3 is 0 Å². The smallest absolute Gasteiger partial charge is 0.0388 e. The van der Waals surface area contributed by atoms with E-state index in [-0.39, 0.29) is 0 Å². The molecule has 2 aromatic carbocycles. The summed E-state index contributed by atoms with van der Waals surface area (Å²) in [6.07, 6.45) is 2.98. The van der Waals surface area contributed by atoms with E-state index in [1.54, 1.807) is 0 Å². The molecule has 0 radical (unpaired) electrons. The molecule has 1 unspecified atom stereocenters. The minimum Gasteiger partial charge on any atom is -0.295 e. The molecule has 0 amide bonds. The second-order valence-corrected chi connectivity index (χ2v) is 4.84. The van der Waals surface area contributed by atoms with Gasteiger partial charge in [-0.2, -0.15) is 0 Å². The Morgan fingerprint density at radius 2 is 1.58 bits per heavy atom. The molecule has 0 fully saturated rings. The first-order valence-electron chi connectivity index (χ1n) is 6.71. The third-order valence-corrected chi connectivity index (χ3v) is 3.41. The maximum absolute atomic E-state index is 3.84. The predicted molar refractivity (Wildman–Crippen MR) is 82.2 cm³/mol. The van der Waals surface area contributed by atoms with Gasteiger partial charge < -0.3 is 0 Å². The summed E-state index contributed by atoms with van der Waals surface area (Å²) in [6, 6.07) is 21.7. The second-order valence-electron chi connectivity index (χ2n) is 4.84. The van der Waals surface area contributed by atoms with Crippen molar-refractivity contribution in [3.63, 3.8) is 0 Å². The summed E-state index contributed by atoms with van der Waals surface area (Å²) in [5.74, 6) is 0. The fraction of sp³-hybridized carbons (Fsp3) is 0.222. The molecule has 0 N–H and O–H groups in total. The lowest BCUT2D eigenvalue weighted by atomic mass is 9.98. The molecule has 98 valence electrons. The van der Waals surface area contributed by atoms with Crippen molar-refractivity contribution in [1.29, 1.82) is 0 Å². The van der Waals surface area contributed by atoms with Crippen LogP contribution in [0, 0.1) is 0 Å². The SMILES string of the molecule is C=CCN(C)C(Cc1ccccc1)c1ccccc1. The van der Waals surface area contributed by atoms with Gasteiger partial charge in [-0.3, -0.25) is 4.90 Å². The third-order valence-electron chi connectivity index (χ3n) is 3.41. The van der Waals surface area contributed by atoms with E-state index >= 15 is 0 Å². The van der Waals surface area contributed by atoms with Crippen LogP contribution >= 0.6 is 0 Å². The van der Waals surface area contributed by atoms with Gasteiger partial charge in [0, 0.05) is 12.6 Å². The summed E-state index contributed by atoms with van der Waals surface area (Å²) in [5.41, 5.74) is 2.72. The minimum absolute atomic E-state index is 0.390. The second kappa shape index (κ2) is 6.91. The molecular formula is C18H21N. The predicted octanol–water partition coefficient (Wildman–Crippen LogP) is 4.09. The van der Waals surface area contributed by atoms with Crippen LogP contribution in [-0.2, 0) is 6.42 Å². The van der Waals surface area contributed by atoms with Crippen molar-refractivity contribution in [3.8, 4) is 0 Å². The first kappa shape index (κ1) is 13.6. The zero-order valence-corrected chi connectivity index (χ0v) is 11.5. The standard InChI is InChI=1S/C18H21N/c1-3-14-19(2)18(17-12-8-5-9-13-17)15-16-10-6-4-7-11-16/h3-13,18H,1,14-15H2,2H3. The lowest BCUT2D eigenvalue weighted by molar-refractivity contribution is 0.269. The van der Waals surface area contributed by atoms with Crippen LogP contribution in [0.3, 0.4) is 0 Å². The number of nitrogens with zero attached hydrogens (tertiary/aromatic N) is 1. The van der Waals surface area contributed by atoms with Crippen molar-refractivity contribution in [3.05, 3.63) is 84.4 Å². The lowest BCUT2D eigenvalue weighted by Crippen LogP contribution is -2.26. The molecule has 0 aliphatic heterocycles. The molecule has 0 spiro atoms. The fourth-order valence-corrected chi connectivity index (χ4v) is 2.37. The topological polar surface area (TPSA) is 3.24 Å². The van der Waals surface area contributed by atoms with Crippen LogP contribution in [0.25, 0.3) is 0 Å². The van der Waals surface area contributed by atoms with Crippen LogP contribution in [0.5, 0.6) is 0 Å². The van der Waals surface area contributed by atoms with E-state index in [0.717, 1.165) is 13.0 Å². The van der Waals surface area contributed by atoms with Crippen molar-refractivity contribution in [2.45, 2.75) is 12.5 Å². The van der Waals surface area contributed by atoms with Gasteiger partial charge in [0.2, 0.25) is 0 Å². The first-order valence-corrected chi connectivity index (χ1v) is 6.71. The molecule has 1 atom stereocenters. The van der Waals surface area contributed by atoms with Gasteiger partial charge in [-0.05, 0) is 24.6 Å². The molecular weight excluding hydrogens is 230 g/mol. The van der Waals surface area contributed by atoms with Gasteiger partial charge in [0.15, 0.2) is 0 Å². The Labute approximate surface area is 116 Å². The molecule has 0 aliphatic carbocycles. The van der Waals surface area contributed by atoms with E-state index in [1.807, 2.05) is 6.08 Å². The van der Waals surface area contributed by atoms with E-state index < -0.39 is 0 Å². The molecule has 0 aliphatic rings. The molecule has 1 nitrogen and oxygen atoms in total. The number of hydrogen-bond donors (Lipinski definition) is 0. The fourth-order valence-electron chi connectivity index (χ4n) is 2.37. The number of hydrogen-bond acceptors (Lipinski definition) is 1. The van der Waals surface area contributed by atoms with E-state index in [1.165, 1.54) is 11.1 Å². The summed E-state index contributed by atoms with van der Waals surface area (Å²) in [7, 11) is 2.16. The van der Waals surface area contributed by atoms with Crippen LogP contribution in [0.1, 0.15) is 17.2 Å². The average Bonchev–Trinajstić information content (AvgIpc) is 2.47. The van der Waals surface area contributed by atoms with Gasteiger partial charge in [0.25, 0.3) is 0 Å². The zero-order valence-electron chi connectivity index (χ0n) is 11.5. The van der Waals surface area contributed by atoms with Crippen molar-refractivity contribution in [2.75, 3.05) is 13.6 Å². The Hall–Kier alpha value is -1.86. The van der Waals surface area contributed by atoms with Crippen molar-refractivity contribution in [1.82, 2.24) is 4.90 Å².